The van der Waals surface area contributed by atoms with Gasteiger partial charge in [0, 0.05) is 55.8 Å². The summed E-state index contributed by atoms with van der Waals surface area (Å²) in [7, 11) is 1.56. The number of ketones is 1. The van der Waals surface area contributed by atoms with Gasteiger partial charge in [0.2, 0.25) is 5.88 Å². The number of hydrogen-bond donors (Lipinski definition) is 2. The van der Waals surface area contributed by atoms with Crippen LogP contribution in [0.2, 0.25) is 10.0 Å². The number of aliphatic hydroxyl groups is 1. The maximum atomic E-state index is 13.3. The van der Waals surface area contributed by atoms with Crippen LogP contribution in [0.3, 0.4) is 0 Å². The fourth-order valence-electron chi connectivity index (χ4n) is 5.41. The van der Waals surface area contributed by atoms with E-state index in [1.807, 2.05) is 49.4 Å². The van der Waals surface area contributed by atoms with Crippen LogP contribution in [0.25, 0.3) is 22.4 Å². The van der Waals surface area contributed by atoms with E-state index in [-0.39, 0.29) is 18.3 Å². The molecule has 1 fully saturated rings. The van der Waals surface area contributed by atoms with Gasteiger partial charge < -0.3 is 15.2 Å². The van der Waals surface area contributed by atoms with Gasteiger partial charge in [0.15, 0.2) is 5.78 Å². The van der Waals surface area contributed by atoms with Gasteiger partial charge in [-0.15, -0.1) is 0 Å². The molecule has 10 heteroatoms. The minimum Gasteiger partial charge on any atom is -0.480 e. The summed E-state index contributed by atoms with van der Waals surface area (Å²) < 4.78 is 5.53. The van der Waals surface area contributed by atoms with Crippen molar-refractivity contribution in [3.63, 3.8) is 0 Å². The number of rotatable bonds is 8. The molecule has 0 amide bonds. The summed E-state index contributed by atoms with van der Waals surface area (Å²) in [5.41, 5.74) is 7.72. The van der Waals surface area contributed by atoms with Gasteiger partial charge in [-0.1, -0.05) is 59.6 Å². The molecule has 2 aliphatic heterocycles. The average molecular weight is 591 g/mol. The number of aliphatic hydroxyl groups excluding tert-OH is 1. The van der Waals surface area contributed by atoms with Gasteiger partial charge in [-0.2, -0.15) is 0 Å². The van der Waals surface area contributed by atoms with E-state index < -0.39 is 0 Å². The van der Waals surface area contributed by atoms with Crippen molar-refractivity contribution < 1.29 is 14.6 Å². The van der Waals surface area contributed by atoms with Crippen molar-refractivity contribution in [3.8, 4) is 28.3 Å². The lowest BCUT2D eigenvalue weighted by Crippen LogP contribution is -2.50. The van der Waals surface area contributed by atoms with Crippen LogP contribution in [-0.4, -0.2) is 57.0 Å². The molecule has 0 atom stereocenters. The second-order valence-corrected chi connectivity index (χ2v) is 11.2. The van der Waals surface area contributed by atoms with Crippen molar-refractivity contribution in [1.29, 1.82) is 0 Å². The predicted molar refractivity (Wildman–Crippen MR) is 158 cm³/mol. The Morgan fingerprint density at radius 2 is 1.80 bits per heavy atom. The highest BCUT2D eigenvalue weighted by Crippen LogP contribution is 2.40. The Labute approximate surface area is 248 Å². The predicted octanol–water partition coefficient (Wildman–Crippen LogP) is 5.03. The third kappa shape index (κ3) is 5.46. The van der Waals surface area contributed by atoms with E-state index in [9.17, 15) is 9.90 Å². The number of likely N-dealkylation sites (tertiary alicyclic amines) is 1. The molecular weight excluding hydrogens is 561 g/mol. The highest BCUT2D eigenvalue weighted by Gasteiger charge is 2.26. The Hall–Kier alpha value is -3.40. The number of hydrogen-bond acceptors (Lipinski definition) is 8. The quantitative estimate of drug-likeness (QED) is 0.276. The molecule has 0 saturated carbocycles. The van der Waals surface area contributed by atoms with E-state index in [1.54, 1.807) is 13.3 Å². The van der Waals surface area contributed by atoms with Crippen molar-refractivity contribution >= 4 is 29.0 Å². The number of benzene rings is 2. The molecule has 2 aromatic carbocycles. The molecule has 210 valence electrons. The lowest BCUT2D eigenvalue weighted by atomic mass is 9.97. The van der Waals surface area contributed by atoms with Crippen LogP contribution in [0, 0.1) is 6.92 Å². The number of pyridine rings is 1. The van der Waals surface area contributed by atoms with Crippen LogP contribution < -0.4 is 10.1 Å². The number of aromatic nitrogens is 3. The number of nitrogens with zero attached hydrogens (tertiary/aromatic N) is 4. The maximum absolute atomic E-state index is 13.3. The number of aryl methyl sites for hydroxylation is 1. The molecule has 0 aliphatic carbocycles. The first-order valence-electron chi connectivity index (χ1n) is 13.4. The Kier molecular flexibility index (Phi) is 7.76. The normalized spacial score (nSPS) is 15.0. The molecule has 1 saturated heterocycles. The third-order valence-corrected chi connectivity index (χ3v) is 8.48. The highest BCUT2D eigenvalue weighted by atomic mass is 35.5. The average Bonchev–Trinajstić information content (AvgIpc) is 3.43. The molecule has 6 rings (SSSR count). The van der Waals surface area contributed by atoms with Crippen LogP contribution in [0.5, 0.6) is 5.88 Å². The van der Waals surface area contributed by atoms with E-state index in [4.69, 9.17) is 27.9 Å². The summed E-state index contributed by atoms with van der Waals surface area (Å²) in [6.07, 6.45) is 1.51. The number of methoxy groups -OCH3 is 1. The fourth-order valence-corrected chi connectivity index (χ4v) is 6.03. The summed E-state index contributed by atoms with van der Waals surface area (Å²) in [6.45, 7) is 5.21. The number of carbonyl (C=O) groups excluding carboxylic acids is 1. The first-order valence-corrected chi connectivity index (χ1v) is 14.2. The number of carbonyl (C=O) groups is 1. The van der Waals surface area contributed by atoms with E-state index in [2.05, 4.69) is 25.2 Å². The number of halogens is 2. The molecule has 2 aliphatic rings. The summed E-state index contributed by atoms with van der Waals surface area (Å²) in [5.74, 6) is 0.326. The molecule has 4 heterocycles. The summed E-state index contributed by atoms with van der Waals surface area (Å²) in [4.78, 5) is 29.2. The van der Waals surface area contributed by atoms with Crippen LogP contribution in [0.15, 0.2) is 48.7 Å². The van der Waals surface area contributed by atoms with E-state index >= 15 is 0 Å². The van der Waals surface area contributed by atoms with Crippen LogP contribution in [0.4, 0.5) is 0 Å². The third-order valence-electron chi connectivity index (χ3n) is 7.62. The second kappa shape index (κ2) is 11.5. The number of ether oxygens (including phenoxy) is 1. The Balaban J connectivity index is 1.28. The molecule has 2 N–H and O–H groups in total. The minimum absolute atomic E-state index is 0.0862. The van der Waals surface area contributed by atoms with Gasteiger partial charge in [0.05, 0.1) is 40.8 Å². The molecular formula is C31H29Cl2N5O3. The number of Topliss-reactive ketones (excluding diaryl/α,β-unsaturated/α-hetero) is 1. The summed E-state index contributed by atoms with van der Waals surface area (Å²) in [5, 5.41) is 13.8. The van der Waals surface area contributed by atoms with Gasteiger partial charge in [0.1, 0.15) is 11.4 Å². The number of fused-ring (bicyclic) bond motifs is 1. The molecule has 0 spiro atoms. The zero-order valence-corrected chi connectivity index (χ0v) is 24.3. The topological polar surface area (TPSA) is 100 Å². The van der Waals surface area contributed by atoms with Gasteiger partial charge in [-0.25, -0.2) is 9.97 Å². The van der Waals surface area contributed by atoms with Crippen LogP contribution in [-0.2, 0) is 26.1 Å². The Bertz CT molecular complexity index is 1660. The second-order valence-electron chi connectivity index (χ2n) is 10.5. The lowest BCUT2D eigenvalue weighted by molar-refractivity contribution is -0.00403. The van der Waals surface area contributed by atoms with Crippen molar-refractivity contribution in [2.45, 2.75) is 39.1 Å². The molecule has 4 aromatic rings. The highest BCUT2D eigenvalue weighted by molar-refractivity contribution is 6.38. The largest absolute Gasteiger partial charge is 0.480 e. The summed E-state index contributed by atoms with van der Waals surface area (Å²) in [6, 6.07) is 13.1. The fraction of sp³-hybridized carbons (Fsp3) is 0.290. The van der Waals surface area contributed by atoms with Gasteiger partial charge in [-0.05, 0) is 29.7 Å². The van der Waals surface area contributed by atoms with Crippen molar-refractivity contribution in [1.82, 2.24) is 25.2 Å². The molecule has 2 aromatic heterocycles. The SMILES string of the molecule is COc1nc(-c2cccc(-c3cccc(CC(=O)c4cc(C)c5c(n4)CNC5)c3Cl)c2Cl)cnc1CN1CC(O)C1. The molecule has 41 heavy (non-hydrogen) atoms. The molecule has 0 bridgehead atoms. The zero-order valence-electron chi connectivity index (χ0n) is 22.7. The lowest BCUT2D eigenvalue weighted by Gasteiger charge is -2.35. The van der Waals surface area contributed by atoms with Crippen LogP contribution >= 0.6 is 23.2 Å². The smallest absolute Gasteiger partial charge is 0.237 e. The minimum atomic E-state index is -0.296. The Morgan fingerprint density at radius 1 is 1.07 bits per heavy atom. The monoisotopic (exact) mass is 589 g/mol. The first kappa shape index (κ1) is 27.8. The van der Waals surface area contributed by atoms with E-state index in [0.29, 0.717) is 70.3 Å². The molecule has 0 unspecified atom stereocenters. The van der Waals surface area contributed by atoms with Gasteiger partial charge in [0.25, 0.3) is 0 Å². The number of nitrogens with one attached hydrogen (secondary N) is 1. The van der Waals surface area contributed by atoms with Crippen molar-refractivity contribution in [2.75, 3.05) is 20.2 Å². The van der Waals surface area contributed by atoms with Crippen molar-refractivity contribution in [2.24, 2.45) is 0 Å². The maximum Gasteiger partial charge on any atom is 0.237 e. The zero-order chi connectivity index (χ0) is 28.7. The van der Waals surface area contributed by atoms with E-state index in [0.717, 1.165) is 28.9 Å². The molecule has 0 radical (unpaired) electrons. The Morgan fingerprint density at radius 3 is 2.56 bits per heavy atom. The molecule has 8 nitrogen and oxygen atoms in total. The summed E-state index contributed by atoms with van der Waals surface area (Å²) >= 11 is 13.9. The standard InChI is InChI=1S/C31H29Cl2N5O3/c1-17-9-24(36-25-12-34-11-23(17)25)28(40)10-18-5-3-6-20(29(18)32)21-7-4-8-22(30(21)33)26-13-35-27(31(37-26)41-2)16-38-14-19(39)15-38/h3-9,13,19,34,39H,10-12,14-16H2,1-2H3. The van der Waals surface area contributed by atoms with Crippen molar-refractivity contribution in [3.05, 3.63) is 92.5 Å². The number of β-amino-alcohol motifs (C(OH)–C–C–N with tert-alkyl or cyclic N) is 1. The van der Waals surface area contributed by atoms with Gasteiger partial charge in [-0.3, -0.25) is 14.7 Å². The van der Waals surface area contributed by atoms with E-state index in [1.165, 1.54) is 5.56 Å². The van der Waals surface area contributed by atoms with Crippen LogP contribution in [0.1, 0.15) is 38.6 Å². The first-order chi connectivity index (χ1) is 19.8. The van der Waals surface area contributed by atoms with Gasteiger partial charge >= 0.3 is 0 Å².